The summed E-state index contributed by atoms with van der Waals surface area (Å²) >= 11 is 0. The molecule has 0 aromatic heterocycles. The van der Waals surface area contributed by atoms with E-state index in [0.29, 0.717) is 32.1 Å². The van der Waals surface area contributed by atoms with E-state index in [9.17, 15) is 43.2 Å². The molecule has 13 atom stereocenters. The third kappa shape index (κ3) is 15.2. The van der Waals surface area contributed by atoms with E-state index in [1.54, 1.807) is 41.5 Å². The number of fused-ring (bicyclic) bond motifs is 1. The third-order valence-electron chi connectivity index (χ3n) is 15.2. The lowest BCUT2D eigenvalue weighted by Crippen LogP contribution is -2.61. The van der Waals surface area contributed by atoms with Gasteiger partial charge in [-0.05, 0) is 68.8 Å². The fourth-order valence-electron chi connectivity index (χ4n) is 9.48. The zero-order valence-corrected chi connectivity index (χ0v) is 46.1. The van der Waals surface area contributed by atoms with Gasteiger partial charge in [0, 0.05) is 46.1 Å². The van der Waals surface area contributed by atoms with Crippen molar-refractivity contribution >= 4 is 53.2 Å². The SMILES string of the molecule is CCC(C)C1OC(=O)[C@H]([C@@H](C)CC)N(C)C(=O)[C@H](CC(C)C)NC(=O)C(C)C(C)NC(=O)[C@H](C(C)C)NC(=O)C2CCCN2C(=O)[C@H](Cc2ccccc2)NC(=O)[C@H](C(C)CC)N(C)C(=O)[C@H](C)N(C)C1=O. The summed E-state index contributed by atoms with van der Waals surface area (Å²) in [4.78, 5) is 135. The van der Waals surface area contributed by atoms with Gasteiger partial charge in [0.1, 0.15) is 42.3 Å². The quantitative estimate of drug-likeness (QED) is 0.233. The summed E-state index contributed by atoms with van der Waals surface area (Å²) in [6, 6.07) is 0.686. The van der Waals surface area contributed by atoms with E-state index in [4.69, 9.17) is 4.74 Å². The zero-order chi connectivity index (χ0) is 54.5. The number of cyclic esters (lactones) is 1. The van der Waals surface area contributed by atoms with Gasteiger partial charge in [-0.15, -0.1) is 0 Å². The van der Waals surface area contributed by atoms with Crippen molar-refractivity contribution in [3.05, 3.63) is 35.9 Å². The predicted octanol–water partition coefficient (Wildman–Crippen LogP) is 4.08. The number of hydrogen-bond acceptors (Lipinski definition) is 10. The van der Waals surface area contributed by atoms with Crippen LogP contribution in [0.25, 0.3) is 0 Å². The summed E-state index contributed by atoms with van der Waals surface area (Å²) < 4.78 is 6.13. The second kappa shape index (κ2) is 27.5. The van der Waals surface area contributed by atoms with Crippen LogP contribution in [0.2, 0.25) is 0 Å². The minimum Gasteiger partial charge on any atom is -0.450 e. The molecule has 0 saturated carbocycles. The number of amides is 8. The Balaban J connectivity index is 2.22. The number of carbonyl (C=O) groups excluding carboxylic acids is 9. The molecule has 2 aliphatic rings. The first-order chi connectivity index (χ1) is 33.7. The molecule has 3 rings (SSSR count). The first kappa shape index (κ1) is 60.8. The van der Waals surface area contributed by atoms with Crippen LogP contribution >= 0.6 is 0 Å². The van der Waals surface area contributed by atoms with Gasteiger partial charge in [-0.3, -0.25) is 38.4 Å². The van der Waals surface area contributed by atoms with E-state index in [1.165, 1.54) is 47.7 Å². The van der Waals surface area contributed by atoms with E-state index in [0.717, 1.165) is 5.56 Å². The number of esters is 1. The normalized spacial score (nSPS) is 29.2. The highest BCUT2D eigenvalue weighted by Gasteiger charge is 2.44. The summed E-state index contributed by atoms with van der Waals surface area (Å²) in [6.07, 6.45) is 1.07. The minimum atomic E-state index is -1.36. The average Bonchev–Trinajstić information content (AvgIpc) is 3.85. The van der Waals surface area contributed by atoms with Crippen molar-refractivity contribution in [2.75, 3.05) is 27.7 Å². The van der Waals surface area contributed by atoms with Crippen molar-refractivity contribution in [3.63, 3.8) is 0 Å². The van der Waals surface area contributed by atoms with Gasteiger partial charge in [0.2, 0.25) is 41.4 Å². The van der Waals surface area contributed by atoms with Crippen molar-refractivity contribution < 1.29 is 47.9 Å². The Morgan fingerprint density at radius 1 is 0.597 bits per heavy atom. The van der Waals surface area contributed by atoms with Crippen LogP contribution in [0.5, 0.6) is 0 Å². The molecule has 1 aromatic carbocycles. The standard InChI is InChI=1S/C54H88N8O10/c1-17-32(8)43-49(66)57-40(29-38-24-21-20-22-25-38)52(69)62-27-23-26-41(62)47(64)58-42(31(6)7)48(65)55-36(12)35(11)46(63)56-39(28-30(4)5)51(68)61(16)44(33(9)18-2)54(71)72-45(34(10)19-3)53(70)59(14)37(13)50(67)60(43)15/h20-22,24-25,30-37,39-45H,17-19,23,26-29H2,1-16H3,(H,55,65)(H,56,63)(H,57,66)(H,58,64)/t32?,33-,34?,35?,36?,37-,39-,40-,41?,42-,43-,44-,45?/m0/s1. The number of nitrogens with one attached hydrogen (secondary N) is 4. The Morgan fingerprint density at radius 3 is 1.71 bits per heavy atom. The molecule has 0 radical (unpaired) electrons. The van der Waals surface area contributed by atoms with Crippen LogP contribution < -0.4 is 21.3 Å². The van der Waals surface area contributed by atoms with Gasteiger partial charge in [0.25, 0.3) is 5.91 Å². The van der Waals surface area contributed by atoms with Gasteiger partial charge < -0.3 is 45.6 Å². The Bertz CT molecular complexity index is 2050. The lowest BCUT2D eigenvalue weighted by Gasteiger charge is -2.38. The van der Waals surface area contributed by atoms with Crippen molar-refractivity contribution in [2.24, 2.45) is 35.5 Å². The van der Waals surface area contributed by atoms with Crippen molar-refractivity contribution in [3.8, 4) is 0 Å². The van der Waals surface area contributed by atoms with Crippen LogP contribution in [0.4, 0.5) is 0 Å². The molecule has 8 amide bonds. The van der Waals surface area contributed by atoms with Crippen LogP contribution in [-0.2, 0) is 54.3 Å². The Hall–Kier alpha value is -5.55. The smallest absolute Gasteiger partial charge is 0.329 e. The zero-order valence-electron chi connectivity index (χ0n) is 46.1. The monoisotopic (exact) mass is 1010 g/mol. The lowest BCUT2D eigenvalue weighted by molar-refractivity contribution is -0.172. The van der Waals surface area contributed by atoms with E-state index >= 15 is 0 Å². The summed E-state index contributed by atoms with van der Waals surface area (Å²) in [5.74, 6) is -8.05. The van der Waals surface area contributed by atoms with E-state index in [2.05, 4.69) is 21.3 Å². The topological polar surface area (TPSA) is 224 Å². The number of rotatable bonds is 11. The molecule has 1 aromatic rings. The highest BCUT2D eigenvalue weighted by molar-refractivity contribution is 5.98. The Kier molecular flexibility index (Phi) is 23.2. The molecule has 2 fully saturated rings. The van der Waals surface area contributed by atoms with Gasteiger partial charge >= 0.3 is 5.97 Å². The van der Waals surface area contributed by atoms with Gasteiger partial charge in [0.05, 0.1) is 5.92 Å². The fourth-order valence-corrected chi connectivity index (χ4v) is 9.48. The van der Waals surface area contributed by atoms with Crippen molar-refractivity contribution in [2.45, 2.75) is 189 Å². The van der Waals surface area contributed by atoms with E-state index in [-0.39, 0.29) is 25.3 Å². The second-order valence-electron chi connectivity index (χ2n) is 21.4. The molecule has 404 valence electrons. The Labute approximate surface area is 429 Å². The molecule has 18 nitrogen and oxygen atoms in total. The molecular formula is C54H88N8O10. The van der Waals surface area contributed by atoms with Gasteiger partial charge in [-0.2, -0.15) is 0 Å². The molecular weight excluding hydrogens is 921 g/mol. The number of hydrogen-bond donors (Lipinski definition) is 4. The van der Waals surface area contributed by atoms with E-state index < -0.39 is 137 Å². The maximum Gasteiger partial charge on any atom is 0.329 e. The second-order valence-corrected chi connectivity index (χ2v) is 21.4. The van der Waals surface area contributed by atoms with Gasteiger partial charge in [0.15, 0.2) is 6.10 Å². The minimum absolute atomic E-state index is 0.0686. The molecule has 0 bridgehead atoms. The molecule has 0 spiro atoms. The molecule has 2 aliphatic heterocycles. The average molecular weight is 1010 g/mol. The van der Waals surface area contributed by atoms with Crippen molar-refractivity contribution in [1.29, 1.82) is 0 Å². The van der Waals surface area contributed by atoms with Crippen LogP contribution in [0.1, 0.15) is 134 Å². The van der Waals surface area contributed by atoms with Crippen LogP contribution in [0.3, 0.4) is 0 Å². The molecule has 6 unspecified atom stereocenters. The van der Waals surface area contributed by atoms with Crippen LogP contribution in [-0.4, -0.2) is 155 Å². The largest absolute Gasteiger partial charge is 0.450 e. The number of ether oxygens (including phenoxy) is 1. The predicted molar refractivity (Wildman–Crippen MR) is 275 cm³/mol. The van der Waals surface area contributed by atoms with Crippen LogP contribution in [0, 0.1) is 35.5 Å². The molecule has 72 heavy (non-hydrogen) atoms. The molecule has 4 N–H and O–H groups in total. The highest BCUT2D eigenvalue weighted by atomic mass is 16.6. The number of benzene rings is 1. The first-order valence-corrected chi connectivity index (χ1v) is 26.3. The maximum atomic E-state index is 14.8. The number of likely N-dealkylation sites (N-methyl/N-ethyl adjacent to an activating group) is 3. The lowest BCUT2D eigenvalue weighted by atomic mass is 9.94. The maximum absolute atomic E-state index is 14.8. The summed E-state index contributed by atoms with van der Waals surface area (Å²) in [5.41, 5.74) is 0.745. The third-order valence-corrected chi connectivity index (χ3v) is 15.2. The summed E-state index contributed by atoms with van der Waals surface area (Å²) in [6.45, 7) is 23.3. The number of carbonyl (C=O) groups is 9. The molecule has 2 saturated heterocycles. The highest BCUT2D eigenvalue weighted by Crippen LogP contribution is 2.26. The van der Waals surface area contributed by atoms with Crippen LogP contribution in [0.15, 0.2) is 30.3 Å². The molecule has 18 heteroatoms. The van der Waals surface area contributed by atoms with Crippen molar-refractivity contribution in [1.82, 2.24) is 40.9 Å². The summed E-state index contributed by atoms with van der Waals surface area (Å²) in [7, 11) is 4.39. The Morgan fingerprint density at radius 2 is 1.15 bits per heavy atom. The van der Waals surface area contributed by atoms with Gasteiger partial charge in [-0.25, -0.2) is 4.79 Å². The van der Waals surface area contributed by atoms with Gasteiger partial charge in [-0.1, -0.05) is 119 Å². The fraction of sp³-hybridized carbons (Fsp3) is 0.722. The first-order valence-electron chi connectivity index (χ1n) is 26.3. The molecule has 0 aliphatic carbocycles. The van der Waals surface area contributed by atoms with E-state index in [1.807, 2.05) is 71.9 Å². The summed E-state index contributed by atoms with van der Waals surface area (Å²) in [5, 5.41) is 11.6. The molecule has 2 heterocycles. The number of nitrogens with zero attached hydrogens (tertiary/aromatic N) is 4.